The van der Waals surface area contributed by atoms with E-state index in [2.05, 4.69) is 4.18 Å². The smallest absolute Gasteiger partial charge is 0.493 e. The topological polar surface area (TPSA) is 102 Å². The van der Waals surface area contributed by atoms with Gasteiger partial charge < -0.3 is 27.7 Å². The van der Waals surface area contributed by atoms with Crippen molar-refractivity contribution in [2.75, 3.05) is 33.5 Å². The summed E-state index contributed by atoms with van der Waals surface area (Å²) >= 11 is 0. The van der Waals surface area contributed by atoms with Crippen LogP contribution in [-0.2, 0) is 26.0 Å². The normalized spacial score (nSPS) is 20.3. The van der Waals surface area contributed by atoms with Crippen LogP contribution >= 0.6 is 0 Å². The van der Waals surface area contributed by atoms with E-state index in [1.807, 2.05) is 0 Å². The van der Waals surface area contributed by atoms with Gasteiger partial charge in [0.15, 0.2) is 11.5 Å². The fraction of sp³-hybridized carbons (Fsp3) is 0.476. The number of hydrogen-bond acceptors (Lipinski definition) is 8. The Morgan fingerprint density at radius 2 is 1.91 bits per heavy atom. The van der Waals surface area contributed by atoms with Crippen LogP contribution in [0.25, 0.3) is 11.3 Å². The molecule has 3 heterocycles. The number of fused-ring (bicyclic) bond motifs is 3. The quantitative estimate of drug-likeness (QED) is 0.436. The second-order valence-electron chi connectivity index (χ2n) is 7.86. The van der Waals surface area contributed by atoms with E-state index in [4.69, 9.17) is 18.9 Å². The monoisotopic (exact) mass is 505 g/mol. The molecular formula is C21H22F3NO8S. The molecular weight excluding hydrogens is 483 g/mol. The summed E-state index contributed by atoms with van der Waals surface area (Å²) in [4.78, 5) is 12.8. The molecule has 2 atom stereocenters. The first-order valence-electron chi connectivity index (χ1n) is 10.3. The molecule has 0 spiro atoms. The summed E-state index contributed by atoms with van der Waals surface area (Å²) in [6, 6.07) is 5.14. The van der Waals surface area contributed by atoms with Gasteiger partial charge in [-0.2, -0.15) is 21.6 Å². The van der Waals surface area contributed by atoms with Crippen molar-refractivity contribution >= 4 is 10.1 Å². The Morgan fingerprint density at radius 1 is 1.15 bits per heavy atom. The lowest BCUT2D eigenvalue weighted by atomic mass is 9.92. The number of aromatic nitrogens is 1. The molecule has 1 saturated heterocycles. The van der Waals surface area contributed by atoms with Crippen LogP contribution in [-0.4, -0.2) is 58.1 Å². The minimum Gasteiger partial charge on any atom is -0.493 e. The predicted octanol–water partition coefficient (Wildman–Crippen LogP) is 2.66. The first kappa shape index (κ1) is 24.4. The van der Waals surface area contributed by atoms with E-state index in [0.717, 1.165) is 0 Å². The van der Waals surface area contributed by atoms with E-state index in [1.165, 1.54) is 29.9 Å². The lowest BCUT2D eigenvalue weighted by Crippen LogP contribution is -2.34. The SMILES string of the molecule is COc1cc2c(cc1OS(=O)(=O)C(F)(F)F)CC(C)n1c-2cc(OC[C@@H]2COCCO2)cc1=O. The van der Waals surface area contributed by atoms with Gasteiger partial charge in [-0.1, -0.05) is 0 Å². The molecule has 0 bridgehead atoms. The lowest BCUT2D eigenvalue weighted by molar-refractivity contribution is -0.101. The van der Waals surface area contributed by atoms with Crippen molar-refractivity contribution in [3.05, 3.63) is 40.2 Å². The zero-order valence-corrected chi connectivity index (χ0v) is 19.1. The Balaban J connectivity index is 1.72. The lowest BCUT2D eigenvalue weighted by Gasteiger charge is -2.29. The zero-order chi connectivity index (χ0) is 24.7. The highest BCUT2D eigenvalue weighted by Gasteiger charge is 2.49. The Morgan fingerprint density at radius 3 is 2.56 bits per heavy atom. The molecule has 2 aromatic rings. The fourth-order valence-electron chi connectivity index (χ4n) is 3.93. The number of methoxy groups -OCH3 is 1. The summed E-state index contributed by atoms with van der Waals surface area (Å²) in [5, 5.41) is 0. The highest BCUT2D eigenvalue weighted by atomic mass is 32.2. The first-order valence-corrected chi connectivity index (χ1v) is 11.7. The molecule has 9 nitrogen and oxygen atoms in total. The van der Waals surface area contributed by atoms with Gasteiger partial charge in [0.25, 0.3) is 5.56 Å². The molecule has 2 aliphatic rings. The van der Waals surface area contributed by atoms with Crippen LogP contribution in [0.3, 0.4) is 0 Å². The molecule has 0 N–H and O–H groups in total. The van der Waals surface area contributed by atoms with Crippen molar-refractivity contribution < 1.29 is 44.7 Å². The average Bonchev–Trinajstić information content (AvgIpc) is 2.77. The molecule has 2 aliphatic heterocycles. The number of halogens is 3. The van der Waals surface area contributed by atoms with Crippen LogP contribution in [0.4, 0.5) is 13.2 Å². The third kappa shape index (κ3) is 4.72. The average molecular weight is 505 g/mol. The van der Waals surface area contributed by atoms with E-state index < -0.39 is 21.4 Å². The van der Waals surface area contributed by atoms with Crippen molar-refractivity contribution in [1.82, 2.24) is 4.57 Å². The van der Waals surface area contributed by atoms with Crippen LogP contribution in [0.5, 0.6) is 17.2 Å². The Hall–Kier alpha value is -2.77. The number of nitrogens with zero attached hydrogens (tertiary/aromatic N) is 1. The van der Waals surface area contributed by atoms with E-state index in [1.54, 1.807) is 13.0 Å². The summed E-state index contributed by atoms with van der Waals surface area (Å²) in [5.41, 5.74) is -4.51. The second-order valence-corrected chi connectivity index (χ2v) is 9.40. The predicted molar refractivity (Wildman–Crippen MR) is 113 cm³/mol. The van der Waals surface area contributed by atoms with Crippen LogP contribution in [0, 0.1) is 0 Å². The van der Waals surface area contributed by atoms with E-state index in [0.29, 0.717) is 36.6 Å². The molecule has 0 radical (unpaired) electrons. The molecule has 13 heteroatoms. The number of pyridine rings is 1. The zero-order valence-electron chi connectivity index (χ0n) is 18.3. The van der Waals surface area contributed by atoms with Gasteiger partial charge in [0.2, 0.25) is 0 Å². The number of benzene rings is 1. The van der Waals surface area contributed by atoms with Crippen molar-refractivity contribution in [2.24, 2.45) is 0 Å². The van der Waals surface area contributed by atoms with Gasteiger partial charge in [-0.15, -0.1) is 0 Å². The Labute approximate surface area is 193 Å². The Bertz CT molecular complexity index is 1240. The summed E-state index contributed by atoms with van der Waals surface area (Å²) in [7, 11) is -4.73. The van der Waals surface area contributed by atoms with Crippen molar-refractivity contribution in [1.29, 1.82) is 0 Å². The van der Waals surface area contributed by atoms with Crippen LogP contribution in [0.2, 0.25) is 0 Å². The fourth-order valence-corrected chi connectivity index (χ4v) is 4.39. The minimum absolute atomic E-state index is 0.163. The van der Waals surface area contributed by atoms with E-state index >= 15 is 0 Å². The maximum Gasteiger partial charge on any atom is 0.534 e. The van der Waals surface area contributed by atoms with Crippen LogP contribution in [0.1, 0.15) is 18.5 Å². The summed E-state index contributed by atoms with van der Waals surface area (Å²) < 4.78 is 89.1. The second kappa shape index (κ2) is 9.12. The molecule has 0 amide bonds. The van der Waals surface area contributed by atoms with Crippen molar-refractivity contribution in [3.63, 3.8) is 0 Å². The molecule has 186 valence electrons. The van der Waals surface area contributed by atoms with Gasteiger partial charge in [-0.05, 0) is 31.0 Å². The van der Waals surface area contributed by atoms with E-state index in [9.17, 15) is 26.4 Å². The number of alkyl halides is 3. The van der Waals surface area contributed by atoms with Gasteiger partial charge in [0.05, 0.1) is 32.6 Å². The molecule has 0 aliphatic carbocycles. The highest BCUT2D eigenvalue weighted by Crippen LogP contribution is 2.42. The minimum atomic E-state index is -5.89. The van der Waals surface area contributed by atoms with Crippen LogP contribution < -0.4 is 19.2 Å². The number of hydrogen-bond donors (Lipinski definition) is 0. The molecule has 1 fully saturated rings. The highest BCUT2D eigenvalue weighted by molar-refractivity contribution is 7.88. The third-order valence-corrected chi connectivity index (χ3v) is 6.43. The number of rotatable bonds is 6. The summed E-state index contributed by atoms with van der Waals surface area (Å²) in [6.07, 6.45) is -0.0311. The first-order chi connectivity index (χ1) is 16.0. The van der Waals surface area contributed by atoms with Gasteiger partial charge in [-0.25, -0.2) is 0 Å². The standard InChI is InChI=1S/C21H22F3NO8S/c1-12-5-13-6-19(33-34(27,28)21(22,23)24)18(29-2)9-16(13)17-7-14(8-20(26)25(12)17)32-11-15-10-30-3-4-31-15/h6-9,12,15H,3-5,10-11H2,1-2H3/t12?,15-/m0/s1. The molecule has 1 unspecified atom stereocenters. The summed E-state index contributed by atoms with van der Waals surface area (Å²) in [5.74, 6) is -0.549. The summed E-state index contributed by atoms with van der Waals surface area (Å²) in [6.45, 7) is 3.24. The molecule has 1 aromatic heterocycles. The largest absolute Gasteiger partial charge is 0.534 e. The molecule has 34 heavy (non-hydrogen) atoms. The van der Waals surface area contributed by atoms with Crippen molar-refractivity contribution in [3.8, 4) is 28.5 Å². The molecule has 0 saturated carbocycles. The molecule has 4 rings (SSSR count). The van der Waals surface area contributed by atoms with Crippen molar-refractivity contribution in [2.45, 2.75) is 31.0 Å². The van der Waals surface area contributed by atoms with E-state index in [-0.39, 0.29) is 42.2 Å². The number of ether oxygens (including phenoxy) is 4. The van der Waals surface area contributed by atoms with Gasteiger partial charge in [0.1, 0.15) is 18.5 Å². The van der Waals surface area contributed by atoms with Gasteiger partial charge in [-0.3, -0.25) is 4.79 Å². The maximum absolute atomic E-state index is 12.8. The van der Waals surface area contributed by atoms with Gasteiger partial charge in [0, 0.05) is 23.7 Å². The van der Waals surface area contributed by atoms with Crippen LogP contribution in [0.15, 0.2) is 29.1 Å². The van der Waals surface area contributed by atoms with Gasteiger partial charge >= 0.3 is 15.6 Å². The Kier molecular flexibility index (Phi) is 6.53. The third-order valence-electron chi connectivity index (χ3n) is 5.47. The molecule has 1 aromatic carbocycles. The maximum atomic E-state index is 12.8.